The monoisotopic (exact) mass is 1650 g/mol. The van der Waals surface area contributed by atoms with Crippen LogP contribution in [0, 0.1) is 0 Å². The van der Waals surface area contributed by atoms with E-state index in [4.69, 9.17) is 33.7 Å². The zero-order valence-electron chi connectivity index (χ0n) is 70.7. The average molecular weight is 1650 g/mol. The molecule has 4 saturated heterocycles. The third-order valence-electron chi connectivity index (χ3n) is 21.7. The Hall–Kier alpha value is -11.6. The van der Waals surface area contributed by atoms with Crippen molar-refractivity contribution in [1.82, 2.24) is 71.2 Å². The molecule has 4 aromatic heterocycles. The maximum Gasteiger partial charge on any atom is 0.410 e. The van der Waals surface area contributed by atoms with Crippen molar-refractivity contribution in [2.45, 2.75) is 171 Å². The van der Waals surface area contributed by atoms with Crippen LogP contribution in [-0.4, -0.2) is 186 Å². The molecule has 0 atom stereocenters. The van der Waals surface area contributed by atoms with Gasteiger partial charge in [-0.2, -0.15) is 10.2 Å². The summed E-state index contributed by atoms with van der Waals surface area (Å²) < 4.78 is 31.5. The standard InChI is InChI=1S/C44H54N8O4.C39H42N6O5.C10H20N2O2.CH4/c1-4-40-38(41(49-36-13-19-56-20-14-36)39-28-48-52(5-2)42(39)50-40)27-47-44(54)34-12-7-11-33(24-34)43(53)46-26-31-22-35(25-37(23-31)55-3)32-10-6-9-30(21-32)29-51-17-8-15-45-16-18-51;1-4-35-33(36(43-31-12-14-50-15-13-31)34-23-42-45(5-2)37(34)44-35)22-41-39(48)29-11-7-10-28(19-29)38(47)40-21-26-17-30(20-32(18-26)49-3)27-9-6-8-25(16-27)24-46;1-10(2,3)14-9(13)12-7-4-5-11-6-8-12;/h6-7,9-12,21-25,28,36,45H,4-5,8,13-20,26-27,29H2,1-3H3,(H,46,53)(H,47,54)(H,49,50);6-11,16-20,23-24,31H,4-5,12-15,21-22H2,1-3H3,(H,40,47)(H,41,48)(H,43,44);11H,4-8H2,1-3H3;1H4. The second kappa shape index (κ2) is 44.1. The van der Waals surface area contributed by atoms with E-state index in [2.05, 4.69) is 109 Å². The lowest BCUT2D eigenvalue weighted by Crippen LogP contribution is -2.38. The summed E-state index contributed by atoms with van der Waals surface area (Å²) in [5.41, 5.74) is 15.9. The van der Waals surface area contributed by atoms with Crippen LogP contribution in [0.2, 0.25) is 0 Å². The molecule has 0 aliphatic carbocycles. The van der Waals surface area contributed by atoms with Crippen molar-refractivity contribution in [3.63, 3.8) is 0 Å². The minimum atomic E-state index is -0.392. The fourth-order valence-corrected chi connectivity index (χ4v) is 15.3. The van der Waals surface area contributed by atoms with Gasteiger partial charge < -0.3 is 71.1 Å². The van der Waals surface area contributed by atoms with Gasteiger partial charge in [-0.25, -0.2) is 24.1 Å². The number of hydrogen-bond donors (Lipinski definition) is 8. The number of ether oxygens (including phenoxy) is 5. The summed E-state index contributed by atoms with van der Waals surface area (Å²) >= 11 is 0. The van der Waals surface area contributed by atoms with E-state index in [1.54, 1.807) is 73.7 Å². The highest BCUT2D eigenvalue weighted by Crippen LogP contribution is 2.35. The molecule has 8 heterocycles. The van der Waals surface area contributed by atoms with E-state index in [0.29, 0.717) is 92.5 Å². The Bertz CT molecular complexity index is 5160. The summed E-state index contributed by atoms with van der Waals surface area (Å²) in [7, 11) is 3.24. The van der Waals surface area contributed by atoms with E-state index in [-0.39, 0.29) is 68.9 Å². The summed E-state index contributed by atoms with van der Waals surface area (Å²) in [6, 6.07) is 41.7. The molecule has 5 amide bonds. The van der Waals surface area contributed by atoms with Gasteiger partial charge in [0.2, 0.25) is 0 Å². The molecule has 8 N–H and O–H groups in total. The molecular weight excluding hydrogens is 1530 g/mol. The number of aryl methyl sites for hydroxylation is 4. The average Bonchev–Trinajstić information content (AvgIpc) is 1.66. The predicted molar refractivity (Wildman–Crippen MR) is 475 cm³/mol. The maximum absolute atomic E-state index is 13.6. The van der Waals surface area contributed by atoms with Crippen molar-refractivity contribution in [2.24, 2.45) is 0 Å². The van der Waals surface area contributed by atoms with Gasteiger partial charge in [-0.3, -0.25) is 28.9 Å². The molecule has 10 aromatic rings. The zero-order valence-corrected chi connectivity index (χ0v) is 70.7. The van der Waals surface area contributed by atoms with Gasteiger partial charge in [0.05, 0.1) is 48.8 Å². The second-order valence-corrected chi connectivity index (χ2v) is 31.4. The maximum atomic E-state index is 13.6. The normalized spacial score (nSPS) is 14.7. The fraction of sp³-hybridized carbons (Fsp3) is 0.426. The smallest absolute Gasteiger partial charge is 0.410 e. The van der Waals surface area contributed by atoms with Crippen molar-refractivity contribution in [3.8, 4) is 33.8 Å². The number of aromatic nitrogens is 6. The van der Waals surface area contributed by atoms with E-state index in [1.807, 2.05) is 98.0 Å². The van der Waals surface area contributed by atoms with Crippen LogP contribution in [0.1, 0.15) is 185 Å². The van der Waals surface area contributed by atoms with E-state index >= 15 is 0 Å². The van der Waals surface area contributed by atoms with Gasteiger partial charge in [0.25, 0.3) is 23.6 Å². The number of rotatable bonds is 27. The first kappa shape index (κ1) is 90.2. The molecule has 14 rings (SSSR count). The molecule has 0 bridgehead atoms. The lowest BCUT2D eigenvalue weighted by molar-refractivity contribution is 0.0262. The number of carbonyl (C=O) groups excluding carboxylic acids is 6. The largest absolute Gasteiger partial charge is 0.497 e. The van der Waals surface area contributed by atoms with Gasteiger partial charge in [0.1, 0.15) is 23.4 Å². The Morgan fingerprint density at radius 3 is 1.40 bits per heavy atom. The number of aldehydes is 1. The molecule has 6 aromatic carbocycles. The first-order valence-corrected chi connectivity index (χ1v) is 42.2. The summed E-state index contributed by atoms with van der Waals surface area (Å²) in [6.07, 6.45) is 11.4. The Kier molecular flexibility index (Phi) is 32.8. The SMILES string of the molecule is C.CC(C)(C)OC(=O)N1CCCNCC1.CCc1nc2c(cnn2CC)c(NC2CCOCC2)c1CNC(=O)c1cccc(C(=O)NCc2cc(OC)cc(-c3cccc(C=O)c3)c2)c1.CCc1nc2c(cnn2CC)c(NC2CCOCC2)c1CNC(=O)c1cccc(C(=O)NCc2cc(OC)cc(-c3cccc(CN4CCCNCC4)c3)c2)c1. The first-order valence-electron chi connectivity index (χ1n) is 42.2. The number of fused-ring (bicyclic) bond motifs is 2. The van der Waals surface area contributed by atoms with Crippen molar-refractivity contribution in [2.75, 3.05) is 104 Å². The van der Waals surface area contributed by atoms with Gasteiger partial charge >= 0.3 is 6.09 Å². The molecule has 0 radical (unpaired) electrons. The van der Waals surface area contributed by atoms with Crippen molar-refractivity contribution < 1.29 is 52.5 Å². The third-order valence-corrected chi connectivity index (χ3v) is 21.7. The summed E-state index contributed by atoms with van der Waals surface area (Å²) in [6.45, 7) is 27.7. The second-order valence-electron chi connectivity index (χ2n) is 31.4. The lowest BCUT2D eigenvalue weighted by atomic mass is 10.00. The van der Waals surface area contributed by atoms with Crippen LogP contribution in [0.25, 0.3) is 44.3 Å². The van der Waals surface area contributed by atoms with Gasteiger partial charge in [-0.05, 0) is 229 Å². The minimum Gasteiger partial charge on any atom is -0.497 e. The van der Waals surface area contributed by atoms with Crippen LogP contribution in [0.5, 0.6) is 11.5 Å². The zero-order chi connectivity index (χ0) is 84.5. The molecule has 0 unspecified atom stereocenters. The molecule has 0 spiro atoms. The number of amides is 5. The van der Waals surface area contributed by atoms with Crippen LogP contribution < -0.4 is 52.0 Å². The Morgan fingerprint density at radius 2 is 0.942 bits per heavy atom. The number of nitrogens with one attached hydrogen (secondary N) is 8. The van der Waals surface area contributed by atoms with Crippen molar-refractivity contribution in [1.29, 1.82) is 0 Å². The number of nitrogens with zero attached hydrogens (tertiary/aromatic N) is 8. The van der Waals surface area contributed by atoms with Gasteiger partial charge in [0, 0.05) is 167 Å². The number of carbonyl (C=O) groups is 6. The number of methoxy groups -OCH3 is 2. The third kappa shape index (κ3) is 24.6. The van der Waals surface area contributed by atoms with Crippen molar-refractivity contribution in [3.05, 3.63) is 213 Å². The first-order chi connectivity index (χ1) is 58.3. The van der Waals surface area contributed by atoms with E-state index in [9.17, 15) is 28.8 Å². The van der Waals surface area contributed by atoms with Crippen LogP contribution in [0.15, 0.2) is 146 Å². The topological polar surface area (TPSA) is 313 Å². The summed E-state index contributed by atoms with van der Waals surface area (Å²) in [5.74, 6) is 0.212. The van der Waals surface area contributed by atoms with Crippen LogP contribution in [-0.2, 0) is 72.9 Å². The molecule has 642 valence electrons. The number of pyridine rings is 2. The molecule has 27 heteroatoms. The number of benzene rings is 6. The fourth-order valence-electron chi connectivity index (χ4n) is 15.3. The van der Waals surface area contributed by atoms with Gasteiger partial charge in [0.15, 0.2) is 11.3 Å². The van der Waals surface area contributed by atoms with E-state index in [0.717, 1.165) is 199 Å². The van der Waals surface area contributed by atoms with E-state index in [1.165, 1.54) is 5.56 Å². The Labute approximate surface area is 710 Å². The minimum absolute atomic E-state index is 0. The quantitative estimate of drug-likeness (QED) is 0.0222. The van der Waals surface area contributed by atoms with Crippen molar-refractivity contribution >= 4 is 69.4 Å². The summed E-state index contributed by atoms with van der Waals surface area (Å²) in [5, 5.41) is 37.5. The lowest BCUT2D eigenvalue weighted by Gasteiger charge is -2.26. The molecule has 27 nitrogen and oxygen atoms in total. The van der Waals surface area contributed by atoms with Gasteiger partial charge in [-0.15, -0.1) is 0 Å². The van der Waals surface area contributed by atoms with Crippen LogP contribution in [0.3, 0.4) is 0 Å². The Balaban J connectivity index is 0.000000203. The van der Waals surface area contributed by atoms with Crippen LogP contribution in [0.4, 0.5) is 16.2 Å². The summed E-state index contributed by atoms with van der Waals surface area (Å²) in [4.78, 5) is 91.1. The number of hydrogen-bond acceptors (Lipinski definition) is 20. The molecule has 121 heavy (non-hydrogen) atoms. The molecule has 4 aliphatic rings. The molecule has 0 saturated carbocycles. The molecule has 4 fully saturated rings. The van der Waals surface area contributed by atoms with Crippen LogP contribution >= 0.6 is 0 Å². The Morgan fingerprint density at radius 1 is 0.504 bits per heavy atom. The predicted octanol–water partition coefficient (Wildman–Crippen LogP) is 13.7. The highest BCUT2D eigenvalue weighted by atomic mass is 16.6. The number of anilines is 2. The highest BCUT2D eigenvalue weighted by molar-refractivity contribution is 6.01. The van der Waals surface area contributed by atoms with Gasteiger partial charge in [-0.1, -0.05) is 69.8 Å². The van der Waals surface area contributed by atoms with E-state index < -0.39 is 5.60 Å². The molecular formula is C94H120N16O11. The molecule has 4 aliphatic heterocycles. The highest BCUT2D eigenvalue weighted by Gasteiger charge is 2.27.